The van der Waals surface area contributed by atoms with Crippen molar-refractivity contribution in [3.63, 3.8) is 0 Å². The number of nitriles is 1. The Hall–Kier alpha value is -1.45. The number of aliphatic imine (C=N–C) groups is 1. The first-order valence-corrected chi connectivity index (χ1v) is 5.95. The minimum atomic E-state index is -0.746. The van der Waals surface area contributed by atoms with Crippen molar-refractivity contribution < 1.29 is 13.7 Å². The highest BCUT2D eigenvalue weighted by Crippen LogP contribution is 2.38. The van der Waals surface area contributed by atoms with Crippen molar-refractivity contribution in [1.29, 1.82) is 5.26 Å². The quantitative estimate of drug-likeness (QED) is 0.341. The molecule has 0 N–H and O–H groups in total. The van der Waals surface area contributed by atoms with Crippen molar-refractivity contribution in [2.24, 2.45) is 4.99 Å². The summed E-state index contributed by atoms with van der Waals surface area (Å²) in [6.07, 6.45) is 1.19. The van der Waals surface area contributed by atoms with Crippen LogP contribution in [0.4, 0.5) is 4.39 Å². The molecular weight excluding hydrogens is 246 g/mol. The van der Waals surface area contributed by atoms with Gasteiger partial charge in [-0.15, -0.1) is 0 Å². The Balaban J connectivity index is 2.99. The molecule has 102 valence electrons. The highest BCUT2D eigenvalue weighted by Gasteiger charge is 2.51. The van der Waals surface area contributed by atoms with E-state index in [4.69, 9.17) is 14.6 Å². The summed E-state index contributed by atoms with van der Waals surface area (Å²) in [5.41, 5.74) is -0.785. The van der Waals surface area contributed by atoms with Gasteiger partial charge in [0.05, 0.1) is 11.2 Å². The molecule has 0 atom stereocenters. The smallest absolute Gasteiger partial charge is 0.400 e. The summed E-state index contributed by atoms with van der Waals surface area (Å²) in [6, 6.07) is 1.63. The number of nitrogens with zero attached hydrogens (tertiary/aromatic N) is 2. The maximum absolute atomic E-state index is 13.7. The van der Waals surface area contributed by atoms with E-state index in [1.54, 1.807) is 13.0 Å². The highest BCUT2D eigenvalue weighted by molar-refractivity contribution is 6.54. The average molecular weight is 264 g/mol. The van der Waals surface area contributed by atoms with Crippen LogP contribution in [0.3, 0.4) is 0 Å². The number of hydrogen-bond donors (Lipinski definition) is 0. The maximum Gasteiger partial charge on any atom is 0.490 e. The van der Waals surface area contributed by atoms with E-state index in [2.05, 4.69) is 11.7 Å². The molecular formula is C13H18BFN2O2. The van der Waals surface area contributed by atoms with Gasteiger partial charge in [-0.2, -0.15) is 5.26 Å². The van der Waals surface area contributed by atoms with Gasteiger partial charge in [-0.3, -0.25) is 4.99 Å². The zero-order chi connectivity index (χ0) is 14.8. The van der Waals surface area contributed by atoms with Gasteiger partial charge in [0.25, 0.3) is 0 Å². The van der Waals surface area contributed by atoms with Crippen molar-refractivity contribution in [3.8, 4) is 6.07 Å². The molecule has 0 aromatic heterocycles. The van der Waals surface area contributed by atoms with E-state index in [9.17, 15) is 4.39 Å². The Kier molecular flexibility index (Phi) is 4.33. The van der Waals surface area contributed by atoms with Gasteiger partial charge in [-0.25, -0.2) is 4.39 Å². The summed E-state index contributed by atoms with van der Waals surface area (Å²) in [7, 11) is -0.638. The van der Waals surface area contributed by atoms with Crippen LogP contribution in [-0.4, -0.2) is 25.0 Å². The Morgan fingerprint density at radius 1 is 1.32 bits per heavy atom. The Labute approximate surface area is 113 Å². The van der Waals surface area contributed by atoms with E-state index in [-0.39, 0.29) is 5.70 Å². The van der Waals surface area contributed by atoms with Gasteiger partial charge >= 0.3 is 7.12 Å². The van der Waals surface area contributed by atoms with Crippen LogP contribution < -0.4 is 0 Å². The van der Waals surface area contributed by atoms with Gasteiger partial charge in [0, 0.05) is 0 Å². The van der Waals surface area contributed by atoms with Crippen molar-refractivity contribution >= 4 is 13.8 Å². The second-order valence-electron chi connectivity index (χ2n) is 5.44. The van der Waals surface area contributed by atoms with E-state index < -0.39 is 24.1 Å². The number of hydrogen-bond acceptors (Lipinski definition) is 4. The molecule has 19 heavy (non-hydrogen) atoms. The molecule has 1 heterocycles. The number of rotatable bonds is 3. The van der Waals surface area contributed by atoms with Crippen LogP contribution in [0.25, 0.3) is 0 Å². The molecule has 1 aliphatic rings. The molecule has 0 aromatic carbocycles. The van der Waals surface area contributed by atoms with E-state index in [0.29, 0.717) is 5.47 Å². The zero-order valence-corrected chi connectivity index (χ0v) is 12.0. The maximum atomic E-state index is 13.7. The summed E-state index contributed by atoms with van der Waals surface area (Å²) in [5.74, 6) is -0.746. The predicted molar refractivity (Wildman–Crippen MR) is 73.1 cm³/mol. The van der Waals surface area contributed by atoms with Gasteiger partial charge in [0.2, 0.25) is 0 Å². The third kappa shape index (κ3) is 3.11. The molecule has 1 rings (SSSR count). The molecule has 0 aromatic rings. The normalized spacial score (nSPS) is 22.8. The van der Waals surface area contributed by atoms with E-state index in [1.807, 2.05) is 27.7 Å². The second-order valence-corrected chi connectivity index (χ2v) is 5.44. The van der Waals surface area contributed by atoms with Crippen molar-refractivity contribution in [3.05, 3.63) is 23.1 Å². The van der Waals surface area contributed by atoms with E-state index >= 15 is 0 Å². The lowest BCUT2D eigenvalue weighted by atomic mass is 9.79. The molecule has 0 amide bonds. The molecule has 1 fully saturated rings. The van der Waals surface area contributed by atoms with Gasteiger partial charge in [-0.1, -0.05) is 0 Å². The first kappa shape index (κ1) is 15.6. The first-order chi connectivity index (χ1) is 8.64. The van der Waals surface area contributed by atoms with Gasteiger partial charge in [-0.05, 0) is 52.9 Å². The molecule has 1 saturated heterocycles. The first-order valence-electron chi connectivity index (χ1n) is 5.95. The summed E-state index contributed by atoms with van der Waals surface area (Å²) < 4.78 is 25.2. The highest BCUT2D eigenvalue weighted by atomic mass is 19.1. The fraction of sp³-hybridized carbons (Fsp3) is 0.538. The van der Waals surface area contributed by atoms with Crippen LogP contribution in [0.2, 0.25) is 0 Å². The van der Waals surface area contributed by atoms with Crippen LogP contribution >= 0.6 is 0 Å². The van der Waals surface area contributed by atoms with Crippen molar-refractivity contribution in [2.75, 3.05) is 0 Å². The molecule has 6 heteroatoms. The summed E-state index contributed by atoms with van der Waals surface area (Å²) in [5, 5.41) is 8.67. The third-order valence-corrected chi connectivity index (χ3v) is 3.47. The largest absolute Gasteiger partial charge is 0.490 e. The topological polar surface area (TPSA) is 54.6 Å². The molecule has 0 radical (unpaired) electrons. The molecule has 0 unspecified atom stereocenters. The van der Waals surface area contributed by atoms with Crippen LogP contribution in [0.1, 0.15) is 34.6 Å². The molecule has 0 spiro atoms. The van der Waals surface area contributed by atoms with Crippen LogP contribution in [0.15, 0.2) is 28.1 Å². The minimum Gasteiger partial charge on any atom is -0.400 e. The number of halogens is 1. The van der Waals surface area contributed by atoms with Crippen molar-refractivity contribution in [2.45, 2.75) is 45.8 Å². The second kappa shape index (κ2) is 5.28. The lowest BCUT2D eigenvalue weighted by molar-refractivity contribution is 0.00578. The van der Waals surface area contributed by atoms with Crippen LogP contribution in [0.5, 0.6) is 0 Å². The predicted octanol–water partition coefficient (Wildman–Crippen LogP) is 2.97. The SMILES string of the molecule is C=N/C(C#N)=C(F)\C=C(/C)B1OC(C)(C)C(C)(C)O1. The van der Waals surface area contributed by atoms with Crippen LogP contribution in [-0.2, 0) is 9.31 Å². The third-order valence-electron chi connectivity index (χ3n) is 3.47. The van der Waals surface area contributed by atoms with E-state index in [0.717, 1.165) is 0 Å². The Morgan fingerprint density at radius 3 is 2.16 bits per heavy atom. The minimum absolute atomic E-state index is 0.351. The summed E-state index contributed by atoms with van der Waals surface area (Å²) >= 11 is 0. The summed E-state index contributed by atoms with van der Waals surface area (Å²) in [4.78, 5) is 3.31. The summed E-state index contributed by atoms with van der Waals surface area (Å²) in [6.45, 7) is 12.5. The monoisotopic (exact) mass is 264 g/mol. The fourth-order valence-electron chi connectivity index (χ4n) is 1.53. The molecule has 0 aliphatic carbocycles. The van der Waals surface area contributed by atoms with Gasteiger partial charge < -0.3 is 9.31 Å². The molecule has 4 nitrogen and oxygen atoms in total. The standard InChI is InChI=1S/C13H18BFN2O2/c1-9(7-10(15)11(8-16)17-6)14-18-12(2,3)13(4,5)19-14/h7H,6H2,1-5H3/b9-7+,11-10+. The Morgan fingerprint density at radius 2 is 1.79 bits per heavy atom. The van der Waals surface area contributed by atoms with Gasteiger partial charge in [0.1, 0.15) is 6.07 Å². The molecule has 1 aliphatic heterocycles. The lowest BCUT2D eigenvalue weighted by Gasteiger charge is -2.32. The lowest BCUT2D eigenvalue weighted by Crippen LogP contribution is -2.41. The fourth-order valence-corrected chi connectivity index (χ4v) is 1.53. The molecule has 0 saturated carbocycles. The Bertz CT molecular complexity index is 473. The van der Waals surface area contributed by atoms with Crippen LogP contribution in [0, 0.1) is 11.3 Å². The van der Waals surface area contributed by atoms with E-state index in [1.165, 1.54) is 6.08 Å². The zero-order valence-electron chi connectivity index (χ0n) is 12.0. The average Bonchev–Trinajstić information content (AvgIpc) is 2.50. The van der Waals surface area contributed by atoms with Gasteiger partial charge in [0.15, 0.2) is 11.5 Å². The molecule has 0 bridgehead atoms. The number of allylic oxidation sites excluding steroid dienone is 4. The van der Waals surface area contributed by atoms with Crippen molar-refractivity contribution in [1.82, 2.24) is 0 Å².